The van der Waals surface area contributed by atoms with Crippen LogP contribution < -0.4 is 10.6 Å². The maximum Gasteiger partial charge on any atom is 0.154 e. The average molecular weight is 260 g/mol. The maximum absolute atomic E-state index is 13.3. The molecule has 0 aromatic heterocycles. The topological polar surface area (TPSA) is 41.1 Å². The van der Waals surface area contributed by atoms with Crippen molar-refractivity contribution in [2.75, 3.05) is 0 Å². The molecule has 1 saturated heterocycles. The molecule has 1 aliphatic heterocycles. The molecule has 1 aliphatic carbocycles. The quantitative estimate of drug-likeness (QED) is 0.632. The molecule has 0 bridgehead atoms. The predicted octanol–water partition coefficient (Wildman–Crippen LogP) is 2.20. The highest BCUT2D eigenvalue weighted by molar-refractivity contribution is 6.08. The van der Waals surface area contributed by atoms with E-state index in [0.717, 1.165) is 24.9 Å². The van der Waals surface area contributed by atoms with Crippen LogP contribution in [-0.2, 0) is 4.79 Å². The van der Waals surface area contributed by atoms with Crippen LogP contribution in [0.4, 0.5) is 4.39 Å². The fourth-order valence-corrected chi connectivity index (χ4v) is 2.97. The standard InChI is InChI=1S/C15H17FN2O/c16-11-5-3-4-10(8-11)12(9-19)15-17-13-6-1-2-7-14(13)18-15/h3-5,8-9,13-14,17-18H,1-2,6-7H2/t13-,14-/m0/s1. The predicted molar refractivity (Wildman–Crippen MR) is 71.7 cm³/mol. The van der Waals surface area contributed by atoms with Crippen molar-refractivity contribution in [2.24, 2.45) is 0 Å². The number of benzene rings is 1. The Hall–Kier alpha value is -1.84. The van der Waals surface area contributed by atoms with Crippen LogP contribution in [0.3, 0.4) is 0 Å². The van der Waals surface area contributed by atoms with E-state index in [-0.39, 0.29) is 5.82 Å². The van der Waals surface area contributed by atoms with E-state index in [1.165, 1.54) is 25.0 Å². The first-order chi connectivity index (χ1) is 9.28. The SMILES string of the molecule is O=CC(=C1N[C@H]2CCCC[C@@H]2N1)c1cccc(F)c1. The zero-order valence-electron chi connectivity index (χ0n) is 10.7. The molecule has 3 rings (SSSR count). The molecule has 0 radical (unpaired) electrons. The molecule has 0 spiro atoms. The minimum absolute atomic E-state index is 0.326. The second-order valence-electron chi connectivity index (χ2n) is 5.20. The van der Waals surface area contributed by atoms with Crippen molar-refractivity contribution in [2.45, 2.75) is 37.8 Å². The number of fused-ring (bicyclic) bond motifs is 1. The Morgan fingerprint density at radius 2 is 1.89 bits per heavy atom. The number of rotatable bonds is 2. The number of carbonyl (C=O) groups is 1. The molecule has 1 saturated carbocycles. The van der Waals surface area contributed by atoms with Crippen LogP contribution in [0.1, 0.15) is 31.2 Å². The van der Waals surface area contributed by atoms with Gasteiger partial charge in [-0.15, -0.1) is 0 Å². The Labute approximate surface area is 111 Å². The summed E-state index contributed by atoms with van der Waals surface area (Å²) in [4.78, 5) is 11.3. The van der Waals surface area contributed by atoms with E-state index in [2.05, 4.69) is 10.6 Å². The lowest BCUT2D eigenvalue weighted by Gasteiger charge is -2.23. The van der Waals surface area contributed by atoms with E-state index in [4.69, 9.17) is 0 Å². The van der Waals surface area contributed by atoms with E-state index in [1.807, 2.05) is 0 Å². The molecular formula is C15H17FN2O. The highest BCUT2D eigenvalue weighted by atomic mass is 19.1. The number of halogens is 1. The van der Waals surface area contributed by atoms with Crippen molar-refractivity contribution >= 4 is 11.9 Å². The lowest BCUT2D eigenvalue weighted by atomic mass is 9.92. The van der Waals surface area contributed by atoms with E-state index < -0.39 is 0 Å². The Morgan fingerprint density at radius 3 is 2.47 bits per heavy atom. The molecule has 2 fully saturated rings. The normalized spacial score (nSPS) is 25.2. The fraction of sp³-hybridized carbons (Fsp3) is 0.400. The summed E-state index contributed by atoms with van der Waals surface area (Å²) in [6.45, 7) is 0. The number of hydrogen-bond donors (Lipinski definition) is 2. The number of aldehydes is 1. The highest BCUT2D eigenvalue weighted by Gasteiger charge is 2.32. The molecule has 19 heavy (non-hydrogen) atoms. The molecule has 0 unspecified atom stereocenters. The molecule has 100 valence electrons. The largest absolute Gasteiger partial charge is 0.366 e. The number of nitrogens with one attached hydrogen (secondary N) is 2. The molecule has 2 atom stereocenters. The van der Waals surface area contributed by atoms with E-state index in [1.54, 1.807) is 12.1 Å². The summed E-state index contributed by atoms with van der Waals surface area (Å²) in [6.07, 6.45) is 5.48. The third-order valence-corrected chi connectivity index (χ3v) is 3.95. The van der Waals surface area contributed by atoms with Crippen molar-refractivity contribution in [1.82, 2.24) is 10.6 Å². The lowest BCUT2D eigenvalue weighted by Crippen LogP contribution is -2.36. The van der Waals surface area contributed by atoms with Gasteiger partial charge in [-0.25, -0.2) is 4.39 Å². The van der Waals surface area contributed by atoms with Crippen molar-refractivity contribution in [1.29, 1.82) is 0 Å². The Kier molecular flexibility index (Phi) is 3.23. The monoisotopic (exact) mass is 260 g/mol. The van der Waals surface area contributed by atoms with Gasteiger partial charge in [-0.3, -0.25) is 4.79 Å². The molecular weight excluding hydrogens is 243 g/mol. The summed E-state index contributed by atoms with van der Waals surface area (Å²) in [7, 11) is 0. The third-order valence-electron chi connectivity index (χ3n) is 3.95. The van der Waals surface area contributed by atoms with Gasteiger partial charge in [-0.05, 0) is 30.5 Å². The summed E-state index contributed by atoms with van der Waals surface area (Å²) in [5.41, 5.74) is 1.12. The van der Waals surface area contributed by atoms with Crippen LogP contribution in [0.2, 0.25) is 0 Å². The summed E-state index contributed by atoms with van der Waals surface area (Å²) in [6, 6.07) is 6.94. The van der Waals surface area contributed by atoms with Gasteiger partial charge in [0.1, 0.15) is 11.6 Å². The Balaban J connectivity index is 1.93. The number of carbonyl (C=O) groups excluding carboxylic acids is 1. The van der Waals surface area contributed by atoms with Gasteiger partial charge in [-0.2, -0.15) is 0 Å². The fourth-order valence-electron chi connectivity index (χ4n) is 2.97. The van der Waals surface area contributed by atoms with Crippen molar-refractivity contribution in [3.63, 3.8) is 0 Å². The van der Waals surface area contributed by atoms with Gasteiger partial charge in [0.25, 0.3) is 0 Å². The molecule has 2 N–H and O–H groups in total. The van der Waals surface area contributed by atoms with Crippen LogP contribution >= 0.6 is 0 Å². The lowest BCUT2D eigenvalue weighted by molar-refractivity contribution is -0.103. The molecule has 4 heteroatoms. The summed E-state index contributed by atoms with van der Waals surface area (Å²) < 4.78 is 13.3. The Bertz CT molecular complexity index is 511. The molecule has 3 nitrogen and oxygen atoms in total. The number of allylic oxidation sites excluding steroid dienone is 1. The smallest absolute Gasteiger partial charge is 0.154 e. The van der Waals surface area contributed by atoms with Gasteiger partial charge in [-0.1, -0.05) is 25.0 Å². The minimum Gasteiger partial charge on any atom is -0.366 e. The maximum atomic E-state index is 13.3. The van der Waals surface area contributed by atoms with Gasteiger partial charge in [0.15, 0.2) is 6.29 Å². The first-order valence-corrected chi connectivity index (χ1v) is 6.76. The van der Waals surface area contributed by atoms with Gasteiger partial charge in [0.05, 0.1) is 5.57 Å². The molecule has 1 aromatic rings. The summed E-state index contributed by atoms with van der Waals surface area (Å²) in [5, 5.41) is 6.75. The third kappa shape index (κ3) is 2.35. The molecule has 1 aromatic carbocycles. The van der Waals surface area contributed by atoms with E-state index in [9.17, 15) is 9.18 Å². The van der Waals surface area contributed by atoms with Crippen LogP contribution in [0.5, 0.6) is 0 Å². The van der Waals surface area contributed by atoms with Crippen molar-refractivity contribution in [3.05, 3.63) is 41.5 Å². The average Bonchev–Trinajstić information content (AvgIpc) is 2.83. The first kappa shape index (κ1) is 12.2. The highest BCUT2D eigenvalue weighted by Crippen LogP contribution is 2.27. The van der Waals surface area contributed by atoms with Crippen LogP contribution in [0.15, 0.2) is 30.1 Å². The molecule has 0 amide bonds. The van der Waals surface area contributed by atoms with Gasteiger partial charge in [0.2, 0.25) is 0 Å². The zero-order chi connectivity index (χ0) is 13.2. The van der Waals surface area contributed by atoms with Crippen molar-refractivity contribution in [3.8, 4) is 0 Å². The van der Waals surface area contributed by atoms with Crippen LogP contribution in [-0.4, -0.2) is 18.4 Å². The van der Waals surface area contributed by atoms with Gasteiger partial charge in [0, 0.05) is 12.1 Å². The van der Waals surface area contributed by atoms with Crippen LogP contribution in [0.25, 0.3) is 5.57 Å². The van der Waals surface area contributed by atoms with E-state index in [0.29, 0.717) is 23.2 Å². The van der Waals surface area contributed by atoms with Crippen LogP contribution in [0, 0.1) is 5.82 Å². The van der Waals surface area contributed by atoms with E-state index >= 15 is 0 Å². The second-order valence-corrected chi connectivity index (χ2v) is 5.20. The van der Waals surface area contributed by atoms with Crippen molar-refractivity contribution < 1.29 is 9.18 Å². The number of hydrogen-bond acceptors (Lipinski definition) is 3. The second kappa shape index (κ2) is 5.03. The van der Waals surface area contributed by atoms with Gasteiger partial charge < -0.3 is 10.6 Å². The summed E-state index contributed by atoms with van der Waals surface area (Å²) >= 11 is 0. The molecule has 2 aliphatic rings. The molecule has 1 heterocycles. The zero-order valence-corrected chi connectivity index (χ0v) is 10.7. The minimum atomic E-state index is -0.326. The Morgan fingerprint density at radius 1 is 1.21 bits per heavy atom. The van der Waals surface area contributed by atoms with Gasteiger partial charge >= 0.3 is 0 Å². The first-order valence-electron chi connectivity index (χ1n) is 6.76. The summed E-state index contributed by atoms with van der Waals surface area (Å²) in [5.74, 6) is 0.422.